The predicted molar refractivity (Wildman–Crippen MR) is 77.2 cm³/mol. The number of methoxy groups -OCH3 is 1. The van der Waals surface area contributed by atoms with E-state index < -0.39 is 0 Å². The highest BCUT2D eigenvalue weighted by atomic mass is 16.5. The van der Waals surface area contributed by atoms with Crippen LogP contribution in [0.2, 0.25) is 0 Å². The zero-order valence-electron chi connectivity index (χ0n) is 11.9. The lowest BCUT2D eigenvalue weighted by atomic mass is 10.2. The molecule has 0 heterocycles. The summed E-state index contributed by atoms with van der Waals surface area (Å²) in [4.78, 5) is 11.4. The van der Waals surface area contributed by atoms with Crippen LogP contribution in [0.1, 0.15) is 31.7 Å². The van der Waals surface area contributed by atoms with Gasteiger partial charge in [0.15, 0.2) is 0 Å². The summed E-state index contributed by atoms with van der Waals surface area (Å²) in [6.45, 7) is 4.37. The van der Waals surface area contributed by atoms with E-state index in [9.17, 15) is 4.79 Å². The first kappa shape index (κ1) is 15.5. The Bertz CT molecular complexity index is 363. The number of amides is 1. The standard InChI is InChI=1S/C15H24N2O2/c1-3-4-10-17-15(18)9-11-16-12-13-5-7-14(19-2)8-6-13/h5-8,16H,3-4,9-12H2,1-2H3,(H,17,18). The molecular formula is C15H24N2O2. The molecule has 0 saturated heterocycles. The third-order valence-corrected chi connectivity index (χ3v) is 2.87. The molecule has 1 aromatic rings. The zero-order chi connectivity index (χ0) is 13.9. The first-order chi connectivity index (χ1) is 9.26. The summed E-state index contributed by atoms with van der Waals surface area (Å²) >= 11 is 0. The molecule has 19 heavy (non-hydrogen) atoms. The molecule has 1 aromatic carbocycles. The summed E-state index contributed by atoms with van der Waals surface area (Å²) < 4.78 is 5.10. The van der Waals surface area contributed by atoms with Crippen LogP contribution in [0.25, 0.3) is 0 Å². The van der Waals surface area contributed by atoms with E-state index in [0.29, 0.717) is 13.0 Å². The fourth-order valence-electron chi connectivity index (χ4n) is 1.67. The second-order valence-electron chi connectivity index (χ2n) is 4.48. The summed E-state index contributed by atoms with van der Waals surface area (Å²) in [5, 5.41) is 6.16. The lowest BCUT2D eigenvalue weighted by Gasteiger charge is -2.07. The molecule has 0 unspecified atom stereocenters. The van der Waals surface area contributed by atoms with Gasteiger partial charge in [-0.25, -0.2) is 0 Å². The van der Waals surface area contributed by atoms with Gasteiger partial charge in [-0.2, -0.15) is 0 Å². The van der Waals surface area contributed by atoms with Crippen molar-refractivity contribution in [3.8, 4) is 5.75 Å². The van der Waals surface area contributed by atoms with Gasteiger partial charge in [0.25, 0.3) is 0 Å². The van der Waals surface area contributed by atoms with Gasteiger partial charge in [0.2, 0.25) is 5.91 Å². The topological polar surface area (TPSA) is 50.4 Å². The van der Waals surface area contributed by atoms with Crippen molar-refractivity contribution < 1.29 is 9.53 Å². The SMILES string of the molecule is CCCCNC(=O)CCNCc1ccc(OC)cc1. The van der Waals surface area contributed by atoms with Crippen LogP contribution >= 0.6 is 0 Å². The van der Waals surface area contributed by atoms with Gasteiger partial charge in [-0.3, -0.25) is 4.79 Å². The average molecular weight is 264 g/mol. The van der Waals surface area contributed by atoms with E-state index in [4.69, 9.17) is 4.74 Å². The quantitative estimate of drug-likeness (QED) is 0.672. The van der Waals surface area contributed by atoms with E-state index in [1.54, 1.807) is 7.11 Å². The minimum absolute atomic E-state index is 0.121. The Morgan fingerprint density at radius 2 is 1.95 bits per heavy atom. The van der Waals surface area contributed by atoms with Gasteiger partial charge in [-0.15, -0.1) is 0 Å². The van der Waals surface area contributed by atoms with Crippen LogP contribution in [0.4, 0.5) is 0 Å². The van der Waals surface area contributed by atoms with E-state index in [1.165, 1.54) is 5.56 Å². The molecule has 2 N–H and O–H groups in total. The molecule has 0 spiro atoms. The van der Waals surface area contributed by atoms with Crippen LogP contribution in [0.5, 0.6) is 5.75 Å². The molecule has 1 rings (SSSR count). The van der Waals surface area contributed by atoms with Crippen molar-refractivity contribution in [2.45, 2.75) is 32.7 Å². The van der Waals surface area contributed by atoms with Crippen molar-refractivity contribution in [2.75, 3.05) is 20.2 Å². The fourth-order valence-corrected chi connectivity index (χ4v) is 1.67. The molecule has 4 nitrogen and oxygen atoms in total. The van der Waals surface area contributed by atoms with E-state index in [0.717, 1.165) is 31.7 Å². The highest BCUT2D eigenvalue weighted by Crippen LogP contribution is 2.10. The van der Waals surface area contributed by atoms with E-state index in [-0.39, 0.29) is 5.91 Å². The molecule has 4 heteroatoms. The number of hydrogen-bond donors (Lipinski definition) is 2. The molecule has 0 aliphatic rings. The smallest absolute Gasteiger partial charge is 0.221 e. The van der Waals surface area contributed by atoms with Crippen LogP contribution in [-0.4, -0.2) is 26.1 Å². The Kier molecular flexibility index (Phi) is 7.66. The van der Waals surface area contributed by atoms with Crippen LogP contribution in [0.15, 0.2) is 24.3 Å². The van der Waals surface area contributed by atoms with Gasteiger partial charge in [0.1, 0.15) is 5.75 Å². The number of nitrogens with one attached hydrogen (secondary N) is 2. The van der Waals surface area contributed by atoms with Crippen LogP contribution in [0.3, 0.4) is 0 Å². The Morgan fingerprint density at radius 3 is 2.58 bits per heavy atom. The van der Waals surface area contributed by atoms with Crippen molar-refractivity contribution in [3.63, 3.8) is 0 Å². The maximum absolute atomic E-state index is 11.4. The Labute approximate surface area is 115 Å². The van der Waals surface area contributed by atoms with Crippen molar-refractivity contribution in [3.05, 3.63) is 29.8 Å². The van der Waals surface area contributed by atoms with Gasteiger partial charge in [-0.05, 0) is 24.1 Å². The summed E-state index contributed by atoms with van der Waals surface area (Å²) in [6.07, 6.45) is 2.68. The molecule has 0 atom stereocenters. The van der Waals surface area contributed by atoms with Crippen LogP contribution in [0, 0.1) is 0 Å². The summed E-state index contributed by atoms with van der Waals surface area (Å²) in [5.74, 6) is 0.981. The molecule has 0 saturated carbocycles. The Hall–Kier alpha value is -1.55. The van der Waals surface area contributed by atoms with E-state index >= 15 is 0 Å². The molecule has 0 aromatic heterocycles. The Balaban J connectivity index is 2.11. The number of unbranched alkanes of at least 4 members (excludes halogenated alkanes) is 1. The number of rotatable bonds is 9. The van der Waals surface area contributed by atoms with Gasteiger partial charge in [0.05, 0.1) is 7.11 Å². The summed E-state index contributed by atoms with van der Waals surface area (Å²) in [5.41, 5.74) is 1.19. The third-order valence-electron chi connectivity index (χ3n) is 2.87. The van der Waals surface area contributed by atoms with Crippen LogP contribution < -0.4 is 15.4 Å². The maximum Gasteiger partial charge on any atom is 0.221 e. The molecule has 0 fully saturated rings. The lowest BCUT2D eigenvalue weighted by Crippen LogP contribution is -2.28. The second kappa shape index (κ2) is 9.39. The summed E-state index contributed by atoms with van der Waals surface area (Å²) in [7, 11) is 1.66. The Morgan fingerprint density at radius 1 is 1.21 bits per heavy atom. The number of ether oxygens (including phenoxy) is 1. The predicted octanol–water partition coefficient (Wildman–Crippen LogP) is 2.09. The van der Waals surface area contributed by atoms with Gasteiger partial charge < -0.3 is 15.4 Å². The number of carbonyl (C=O) groups excluding carboxylic acids is 1. The molecule has 0 aliphatic carbocycles. The van der Waals surface area contributed by atoms with Gasteiger partial charge >= 0.3 is 0 Å². The largest absolute Gasteiger partial charge is 0.497 e. The third kappa shape index (κ3) is 6.82. The van der Waals surface area contributed by atoms with Crippen molar-refractivity contribution in [1.82, 2.24) is 10.6 Å². The lowest BCUT2D eigenvalue weighted by molar-refractivity contribution is -0.121. The highest BCUT2D eigenvalue weighted by Gasteiger charge is 2.00. The van der Waals surface area contributed by atoms with Crippen molar-refractivity contribution >= 4 is 5.91 Å². The number of carbonyl (C=O) groups is 1. The van der Waals surface area contributed by atoms with Gasteiger partial charge in [0, 0.05) is 26.1 Å². The van der Waals surface area contributed by atoms with E-state index in [1.807, 2.05) is 24.3 Å². The van der Waals surface area contributed by atoms with E-state index in [2.05, 4.69) is 17.6 Å². The molecule has 0 bridgehead atoms. The molecule has 0 radical (unpaired) electrons. The molecular weight excluding hydrogens is 240 g/mol. The first-order valence-electron chi connectivity index (χ1n) is 6.86. The van der Waals surface area contributed by atoms with Crippen molar-refractivity contribution in [2.24, 2.45) is 0 Å². The monoisotopic (exact) mass is 264 g/mol. The van der Waals surface area contributed by atoms with Crippen LogP contribution in [-0.2, 0) is 11.3 Å². The minimum atomic E-state index is 0.121. The second-order valence-corrected chi connectivity index (χ2v) is 4.48. The molecule has 1 amide bonds. The first-order valence-corrected chi connectivity index (χ1v) is 6.86. The van der Waals surface area contributed by atoms with Gasteiger partial charge in [-0.1, -0.05) is 25.5 Å². The minimum Gasteiger partial charge on any atom is -0.497 e. The zero-order valence-corrected chi connectivity index (χ0v) is 11.9. The average Bonchev–Trinajstić information content (AvgIpc) is 2.44. The number of hydrogen-bond acceptors (Lipinski definition) is 3. The normalized spacial score (nSPS) is 10.2. The highest BCUT2D eigenvalue weighted by molar-refractivity contribution is 5.75. The fraction of sp³-hybridized carbons (Fsp3) is 0.533. The number of benzene rings is 1. The molecule has 106 valence electrons. The summed E-state index contributed by atoms with van der Waals surface area (Å²) in [6, 6.07) is 7.92. The maximum atomic E-state index is 11.4. The molecule has 0 aliphatic heterocycles. The van der Waals surface area contributed by atoms with Crippen molar-refractivity contribution in [1.29, 1.82) is 0 Å².